The molecule has 1 aliphatic rings. The predicted octanol–water partition coefficient (Wildman–Crippen LogP) is 2.56. The Kier molecular flexibility index (Phi) is 5.32. The zero-order valence-electron chi connectivity index (χ0n) is 13.5. The number of ether oxygens (including phenoxy) is 1. The first-order valence-electron chi connectivity index (χ1n) is 7.90. The van der Waals surface area contributed by atoms with E-state index in [0.717, 1.165) is 6.42 Å². The highest BCUT2D eigenvalue weighted by molar-refractivity contribution is 6.29. The van der Waals surface area contributed by atoms with Crippen LogP contribution in [0.15, 0.2) is 30.6 Å². The average Bonchev–Trinajstić information content (AvgIpc) is 2.94. The van der Waals surface area contributed by atoms with Crippen LogP contribution in [0.3, 0.4) is 0 Å². The van der Waals surface area contributed by atoms with Crippen LogP contribution < -0.4 is 5.32 Å². The highest BCUT2D eigenvalue weighted by Crippen LogP contribution is 2.17. The number of hydrogen-bond acceptors (Lipinski definition) is 4. The molecule has 7 nitrogen and oxygen atoms in total. The number of anilines is 1. The fourth-order valence-corrected chi connectivity index (χ4v) is 2.85. The number of nitrogens with zero attached hydrogens (tertiary/aromatic N) is 4. The molecule has 0 spiro atoms. The number of hydrogen-bond donors (Lipinski definition) is 1. The number of carbonyl (C=O) groups is 1. The summed E-state index contributed by atoms with van der Waals surface area (Å²) in [5.74, 6) is 0. The van der Waals surface area contributed by atoms with Gasteiger partial charge < -0.3 is 15.0 Å². The minimum atomic E-state index is -0.154. The Labute approximate surface area is 145 Å². The van der Waals surface area contributed by atoms with Crippen molar-refractivity contribution in [3.8, 4) is 0 Å². The number of rotatable bonds is 3. The molecule has 24 heavy (non-hydrogen) atoms. The maximum Gasteiger partial charge on any atom is 0.321 e. The number of halogens is 1. The van der Waals surface area contributed by atoms with Crippen molar-refractivity contribution in [2.24, 2.45) is 0 Å². The van der Waals surface area contributed by atoms with Gasteiger partial charge in [0.05, 0.1) is 30.6 Å². The maximum atomic E-state index is 12.6. The molecule has 0 bridgehead atoms. The largest absolute Gasteiger partial charge is 0.374 e. The number of nitrogens with one attached hydrogen (secondary N) is 1. The number of amides is 2. The Hall–Kier alpha value is -2.12. The smallest absolute Gasteiger partial charge is 0.321 e. The van der Waals surface area contributed by atoms with E-state index in [1.807, 2.05) is 23.9 Å². The van der Waals surface area contributed by atoms with Crippen LogP contribution in [0.5, 0.6) is 0 Å². The molecule has 0 saturated carbocycles. The molecule has 0 aliphatic carbocycles. The molecule has 0 aromatic carbocycles. The summed E-state index contributed by atoms with van der Waals surface area (Å²) in [4.78, 5) is 18.5. The van der Waals surface area contributed by atoms with Gasteiger partial charge in [0.1, 0.15) is 5.15 Å². The van der Waals surface area contributed by atoms with E-state index in [4.69, 9.17) is 16.3 Å². The van der Waals surface area contributed by atoms with Gasteiger partial charge in [0.25, 0.3) is 0 Å². The maximum absolute atomic E-state index is 12.6. The molecule has 1 saturated heterocycles. The second-order valence-electron chi connectivity index (χ2n) is 5.72. The van der Waals surface area contributed by atoms with E-state index in [0.29, 0.717) is 42.8 Å². The fraction of sp³-hybridized carbons (Fsp3) is 0.438. The van der Waals surface area contributed by atoms with Gasteiger partial charge in [0.15, 0.2) is 0 Å². The van der Waals surface area contributed by atoms with E-state index in [1.54, 1.807) is 23.2 Å². The zero-order valence-corrected chi connectivity index (χ0v) is 14.2. The number of carbonyl (C=O) groups excluding carboxylic acids is 1. The fourth-order valence-electron chi connectivity index (χ4n) is 2.66. The lowest BCUT2D eigenvalue weighted by molar-refractivity contribution is 0.0442. The molecule has 2 amide bonds. The molecule has 1 fully saturated rings. The molecule has 2 aromatic rings. The van der Waals surface area contributed by atoms with Crippen LogP contribution in [0, 0.1) is 6.92 Å². The predicted molar refractivity (Wildman–Crippen MR) is 91.2 cm³/mol. The lowest BCUT2D eigenvalue weighted by atomic mass is 10.3. The molecule has 2 aromatic heterocycles. The second kappa shape index (κ2) is 7.63. The van der Waals surface area contributed by atoms with Crippen molar-refractivity contribution in [2.45, 2.75) is 26.0 Å². The van der Waals surface area contributed by atoms with E-state index < -0.39 is 0 Å². The molecule has 1 aliphatic heterocycles. The molecule has 3 rings (SSSR count). The lowest BCUT2D eigenvalue weighted by Gasteiger charge is -2.24. The highest BCUT2D eigenvalue weighted by atomic mass is 35.5. The standard InChI is InChI=1S/C16H20ClN5O2/c1-12-14(4-5-15(17)19-12)20-16(23)21-7-3-9-24-13(10-21)11-22-8-2-6-18-22/h2,4-6,8,13H,3,7,9-11H2,1H3,(H,20,23)/t13-/m0/s1. The second-order valence-corrected chi connectivity index (χ2v) is 6.10. The lowest BCUT2D eigenvalue weighted by Crippen LogP contribution is -2.41. The summed E-state index contributed by atoms with van der Waals surface area (Å²) in [5, 5.41) is 7.51. The zero-order chi connectivity index (χ0) is 16.9. The first kappa shape index (κ1) is 16.7. The minimum Gasteiger partial charge on any atom is -0.374 e. The number of aromatic nitrogens is 3. The van der Waals surface area contributed by atoms with Gasteiger partial charge in [-0.15, -0.1) is 0 Å². The minimum absolute atomic E-state index is 0.0809. The molecule has 128 valence electrons. The molecule has 1 atom stereocenters. The Morgan fingerprint density at radius 3 is 3.12 bits per heavy atom. The molecule has 8 heteroatoms. The van der Waals surface area contributed by atoms with Gasteiger partial charge in [-0.3, -0.25) is 4.68 Å². The highest BCUT2D eigenvalue weighted by Gasteiger charge is 2.23. The third kappa shape index (κ3) is 4.24. The van der Waals surface area contributed by atoms with E-state index >= 15 is 0 Å². The molecular weight excluding hydrogens is 330 g/mol. The van der Waals surface area contributed by atoms with Crippen LogP contribution in [0.1, 0.15) is 12.1 Å². The molecule has 1 N–H and O–H groups in total. The van der Waals surface area contributed by atoms with Crippen LogP contribution in [-0.4, -0.2) is 51.5 Å². The molecule has 0 radical (unpaired) electrons. The van der Waals surface area contributed by atoms with Crippen LogP contribution in [0.2, 0.25) is 5.15 Å². The van der Waals surface area contributed by atoms with Gasteiger partial charge in [-0.25, -0.2) is 9.78 Å². The van der Waals surface area contributed by atoms with Gasteiger partial charge >= 0.3 is 6.03 Å². The van der Waals surface area contributed by atoms with Crippen molar-refractivity contribution >= 4 is 23.3 Å². The third-order valence-corrected chi connectivity index (χ3v) is 4.09. The molecule has 0 unspecified atom stereocenters. The van der Waals surface area contributed by atoms with Crippen molar-refractivity contribution in [2.75, 3.05) is 25.0 Å². The van der Waals surface area contributed by atoms with Gasteiger partial charge in [-0.1, -0.05) is 11.6 Å². The van der Waals surface area contributed by atoms with Crippen molar-refractivity contribution in [1.29, 1.82) is 0 Å². The van der Waals surface area contributed by atoms with E-state index in [-0.39, 0.29) is 12.1 Å². The first-order chi connectivity index (χ1) is 11.6. The summed E-state index contributed by atoms with van der Waals surface area (Å²) >= 11 is 5.85. The molecular formula is C16H20ClN5O2. The Morgan fingerprint density at radius 2 is 2.38 bits per heavy atom. The quantitative estimate of drug-likeness (QED) is 0.864. The van der Waals surface area contributed by atoms with Gasteiger partial charge in [0.2, 0.25) is 0 Å². The normalized spacial score (nSPS) is 18.2. The Balaban J connectivity index is 1.64. The number of aryl methyl sites for hydroxylation is 1. The average molecular weight is 350 g/mol. The summed E-state index contributed by atoms with van der Waals surface area (Å²) < 4.78 is 7.65. The van der Waals surface area contributed by atoms with Crippen LogP contribution in [0.4, 0.5) is 10.5 Å². The monoisotopic (exact) mass is 349 g/mol. The van der Waals surface area contributed by atoms with Gasteiger partial charge in [-0.05, 0) is 31.5 Å². The van der Waals surface area contributed by atoms with Crippen molar-refractivity contribution in [1.82, 2.24) is 19.7 Å². The van der Waals surface area contributed by atoms with Gasteiger partial charge in [0, 0.05) is 25.5 Å². The van der Waals surface area contributed by atoms with Crippen molar-refractivity contribution < 1.29 is 9.53 Å². The summed E-state index contributed by atoms with van der Waals surface area (Å²) in [5.41, 5.74) is 1.35. The topological polar surface area (TPSA) is 72.3 Å². The van der Waals surface area contributed by atoms with E-state index in [2.05, 4.69) is 15.4 Å². The third-order valence-electron chi connectivity index (χ3n) is 3.88. The Bertz CT molecular complexity index is 692. The van der Waals surface area contributed by atoms with E-state index in [1.165, 1.54) is 0 Å². The number of pyridine rings is 1. The van der Waals surface area contributed by atoms with Crippen LogP contribution >= 0.6 is 11.6 Å². The van der Waals surface area contributed by atoms with Crippen LogP contribution in [0.25, 0.3) is 0 Å². The molecule has 3 heterocycles. The summed E-state index contributed by atoms with van der Waals surface area (Å²) in [6.07, 6.45) is 4.35. The van der Waals surface area contributed by atoms with Crippen LogP contribution in [-0.2, 0) is 11.3 Å². The SMILES string of the molecule is Cc1nc(Cl)ccc1NC(=O)N1CCCO[C@H](Cn2cccn2)C1. The Morgan fingerprint density at radius 1 is 1.50 bits per heavy atom. The summed E-state index contributed by atoms with van der Waals surface area (Å²) in [7, 11) is 0. The first-order valence-corrected chi connectivity index (χ1v) is 8.28. The number of urea groups is 1. The van der Waals surface area contributed by atoms with Crippen molar-refractivity contribution in [3.63, 3.8) is 0 Å². The van der Waals surface area contributed by atoms with E-state index in [9.17, 15) is 4.79 Å². The summed E-state index contributed by atoms with van der Waals surface area (Å²) in [6.45, 7) is 4.25. The van der Waals surface area contributed by atoms with Crippen molar-refractivity contribution in [3.05, 3.63) is 41.4 Å². The summed E-state index contributed by atoms with van der Waals surface area (Å²) in [6, 6.07) is 5.14. The van der Waals surface area contributed by atoms with Gasteiger partial charge in [-0.2, -0.15) is 5.10 Å².